The minimum absolute atomic E-state index is 0.498. The van der Waals surface area contributed by atoms with Crippen molar-refractivity contribution in [2.75, 3.05) is 5.73 Å². The van der Waals surface area contributed by atoms with Gasteiger partial charge in [0.15, 0.2) is 5.82 Å². The van der Waals surface area contributed by atoms with Crippen molar-refractivity contribution in [2.24, 2.45) is 0 Å². The number of nitrogens with zero attached hydrogens (tertiary/aromatic N) is 2. The van der Waals surface area contributed by atoms with E-state index in [0.29, 0.717) is 5.92 Å². The molecule has 1 aliphatic carbocycles. The zero-order chi connectivity index (χ0) is 14.5. The summed E-state index contributed by atoms with van der Waals surface area (Å²) in [4.78, 5) is 4.60. The lowest BCUT2D eigenvalue weighted by Gasteiger charge is -2.07. The first-order chi connectivity index (χ1) is 10.3. The van der Waals surface area contributed by atoms with Crippen molar-refractivity contribution in [3.8, 4) is 0 Å². The van der Waals surface area contributed by atoms with Gasteiger partial charge in [0.25, 0.3) is 0 Å². The first kappa shape index (κ1) is 14.1. The molecule has 0 radical (unpaired) electrons. The van der Waals surface area contributed by atoms with E-state index in [2.05, 4.69) is 16.2 Å². The molecule has 0 aliphatic heterocycles. The molecule has 1 heterocycles. The third-order valence-corrected chi connectivity index (χ3v) is 4.28. The van der Waals surface area contributed by atoms with E-state index < -0.39 is 0 Å². The van der Waals surface area contributed by atoms with Gasteiger partial charge in [0.2, 0.25) is 5.89 Å². The summed E-state index contributed by atoms with van der Waals surface area (Å²) in [6.45, 7) is 0. The van der Waals surface area contributed by atoms with Crippen LogP contribution in [0.25, 0.3) is 0 Å². The van der Waals surface area contributed by atoms with E-state index in [1.807, 2.05) is 18.2 Å². The molecule has 0 unspecified atom stereocenters. The Kier molecular flexibility index (Phi) is 4.53. The number of benzene rings is 1. The standard InChI is InChI=1S/C17H23N3O/c18-15-9-5-6-13(12-15)10-11-16-19-17(20-21-16)14-7-3-1-2-4-8-14/h5-6,9,12,14H,1-4,7-8,10-11,18H2. The van der Waals surface area contributed by atoms with Crippen molar-refractivity contribution in [3.63, 3.8) is 0 Å². The van der Waals surface area contributed by atoms with E-state index in [9.17, 15) is 0 Å². The molecule has 1 fully saturated rings. The van der Waals surface area contributed by atoms with Gasteiger partial charge in [-0.3, -0.25) is 0 Å². The molecule has 0 amide bonds. The normalized spacial score (nSPS) is 16.8. The highest BCUT2D eigenvalue weighted by molar-refractivity contribution is 5.40. The lowest BCUT2D eigenvalue weighted by molar-refractivity contribution is 0.367. The van der Waals surface area contributed by atoms with Gasteiger partial charge in [0, 0.05) is 18.0 Å². The van der Waals surface area contributed by atoms with Crippen LogP contribution in [0, 0.1) is 0 Å². The monoisotopic (exact) mass is 285 g/mol. The molecule has 2 aromatic rings. The van der Waals surface area contributed by atoms with Crippen molar-refractivity contribution in [2.45, 2.75) is 57.3 Å². The molecular weight excluding hydrogens is 262 g/mol. The van der Waals surface area contributed by atoms with Gasteiger partial charge in [-0.05, 0) is 37.0 Å². The lowest BCUT2D eigenvalue weighted by Crippen LogP contribution is -2.00. The Morgan fingerprint density at radius 3 is 2.67 bits per heavy atom. The van der Waals surface area contributed by atoms with Gasteiger partial charge >= 0.3 is 0 Å². The van der Waals surface area contributed by atoms with Gasteiger partial charge in [-0.2, -0.15) is 4.98 Å². The molecule has 1 aliphatic rings. The van der Waals surface area contributed by atoms with Crippen molar-refractivity contribution in [3.05, 3.63) is 41.5 Å². The number of hydrogen-bond donors (Lipinski definition) is 1. The highest BCUT2D eigenvalue weighted by Crippen LogP contribution is 2.29. The van der Waals surface area contributed by atoms with Crippen LogP contribution in [0.4, 0.5) is 5.69 Å². The van der Waals surface area contributed by atoms with Crippen LogP contribution in [-0.4, -0.2) is 10.1 Å². The molecule has 0 spiro atoms. The van der Waals surface area contributed by atoms with E-state index in [0.717, 1.165) is 30.2 Å². The number of rotatable bonds is 4. The number of aromatic nitrogens is 2. The van der Waals surface area contributed by atoms with E-state index in [-0.39, 0.29) is 0 Å². The fraction of sp³-hybridized carbons (Fsp3) is 0.529. The Balaban J connectivity index is 1.59. The van der Waals surface area contributed by atoms with Gasteiger partial charge < -0.3 is 10.3 Å². The third-order valence-electron chi connectivity index (χ3n) is 4.28. The first-order valence-electron chi connectivity index (χ1n) is 7.98. The maximum absolute atomic E-state index is 5.79. The predicted octanol–water partition coefficient (Wildman–Crippen LogP) is 3.87. The molecule has 1 saturated carbocycles. The smallest absolute Gasteiger partial charge is 0.226 e. The second kappa shape index (κ2) is 6.74. The summed E-state index contributed by atoms with van der Waals surface area (Å²) in [5, 5.41) is 4.20. The van der Waals surface area contributed by atoms with Crippen LogP contribution in [0.2, 0.25) is 0 Å². The zero-order valence-corrected chi connectivity index (χ0v) is 12.4. The fourth-order valence-electron chi connectivity index (χ4n) is 3.07. The number of nitrogens with two attached hydrogens (primary N) is 1. The topological polar surface area (TPSA) is 64.9 Å². The van der Waals surface area contributed by atoms with Crippen LogP contribution >= 0.6 is 0 Å². The molecule has 0 bridgehead atoms. The number of nitrogen functional groups attached to an aromatic ring is 1. The summed E-state index contributed by atoms with van der Waals surface area (Å²) in [6.07, 6.45) is 9.34. The lowest BCUT2D eigenvalue weighted by atomic mass is 10.00. The molecule has 0 atom stereocenters. The highest BCUT2D eigenvalue weighted by Gasteiger charge is 2.19. The minimum atomic E-state index is 0.498. The van der Waals surface area contributed by atoms with E-state index in [1.165, 1.54) is 44.1 Å². The van der Waals surface area contributed by atoms with E-state index in [1.54, 1.807) is 0 Å². The van der Waals surface area contributed by atoms with Gasteiger partial charge in [-0.15, -0.1) is 0 Å². The van der Waals surface area contributed by atoms with Crippen LogP contribution < -0.4 is 5.73 Å². The van der Waals surface area contributed by atoms with Gasteiger partial charge in [0.1, 0.15) is 0 Å². The van der Waals surface area contributed by atoms with Crippen LogP contribution in [0.5, 0.6) is 0 Å². The van der Waals surface area contributed by atoms with E-state index in [4.69, 9.17) is 10.3 Å². The van der Waals surface area contributed by atoms with Crippen molar-refractivity contribution in [1.29, 1.82) is 0 Å². The van der Waals surface area contributed by atoms with Crippen molar-refractivity contribution in [1.82, 2.24) is 10.1 Å². The molecule has 1 aromatic carbocycles. The van der Waals surface area contributed by atoms with Gasteiger partial charge in [-0.1, -0.05) is 43.0 Å². The largest absolute Gasteiger partial charge is 0.399 e. The molecule has 21 heavy (non-hydrogen) atoms. The molecule has 3 rings (SSSR count). The second-order valence-electron chi connectivity index (χ2n) is 5.98. The van der Waals surface area contributed by atoms with E-state index >= 15 is 0 Å². The maximum Gasteiger partial charge on any atom is 0.226 e. The molecular formula is C17H23N3O. The third kappa shape index (κ3) is 3.84. The molecule has 0 saturated heterocycles. The van der Waals surface area contributed by atoms with Gasteiger partial charge in [0.05, 0.1) is 0 Å². The summed E-state index contributed by atoms with van der Waals surface area (Å²) < 4.78 is 5.42. The summed E-state index contributed by atoms with van der Waals surface area (Å²) in [7, 11) is 0. The Morgan fingerprint density at radius 2 is 1.90 bits per heavy atom. The molecule has 1 aromatic heterocycles. The number of hydrogen-bond acceptors (Lipinski definition) is 4. The number of aryl methyl sites for hydroxylation is 2. The maximum atomic E-state index is 5.79. The average Bonchev–Trinajstić information content (AvgIpc) is 2.79. The molecule has 112 valence electrons. The number of anilines is 1. The molecule has 4 heteroatoms. The van der Waals surface area contributed by atoms with Crippen molar-refractivity contribution >= 4 is 5.69 Å². The van der Waals surface area contributed by atoms with Crippen LogP contribution in [0.3, 0.4) is 0 Å². The summed E-state index contributed by atoms with van der Waals surface area (Å²) >= 11 is 0. The Bertz CT molecular complexity index is 571. The fourth-order valence-corrected chi connectivity index (χ4v) is 3.07. The molecule has 4 nitrogen and oxygen atoms in total. The summed E-state index contributed by atoms with van der Waals surface area (Å²) in [5.74, 6) is 2.16. The summed E-state index contributed by atoms with van der Waals surface area (Å²) in [6, 6.07) is 7.97. The summed E-state index contributed by atoms with van der Waals surface area (Å²) in [5.41, 5.74) is 7.81. The zero-order valence-electron chi connectivity index (χ0n) is 12.4. The Hall–Kier alpha value is -1.84. The van der Waals surface area contributed by atoms with Crippen LogP contribution in [0.1, 0.15) is 61.7 Å². The predicted molar refractivity (Wildman–Crippen MR) is 83.0 cm³/mol. The first-order valence-corrected chi connectivity index (χ1v) is 7.98. The second-order valence-corrected chi connectivity index (χ2v) is 5.98. The molecule has 2 N–H and O–H groups in total. The van der Waals surface area contributed by atoms with Gasteiger partial charge in [-0.25, -0.2) is 0 Å². The quantitative estimate of drug-likeness (QED) is 0.684. The minimum Gasteiger partial charge on any atom is -0.399 e. The van der Waals surface area contributed by atoms with Crippen LogP contribution in [-0.2, 0) is 12.8 Å². The SMILES string of the molecule is Nc1cccc(CCc2nc(C3CCCCCC3)no2)c1. The average molecular weight is 285 g/mol. The highest BCUT2D eigenvalue weighted by atomic mass is 16.5. The Labute approximate surface area is 125 Å². The van der Waals surface area contributed by atoms with Crippen molar-refractivity contribution < 1.29 is 4.52 Å². The van der Waals surface area contributed by atoms with Crippen LogP contribution in [0.15, 0.2) is 28.8 Å². The Morgan fingerprint density at radius 1 is 1.10 bits per heavy atom.